The number of likely N-dealkylation sites (N-methyl/N-ethyl adjacent to an activating group) is 1. The standard InChI is InChI=1S/C11H13BrN2O3/c1-13-9(11(16)17)10(15)14-6-7-3-2-4-8(12)5-7/h2-5,9,13H,6H2,1H3,(H,14,15)(H,16,17). The van der Waals surface area contributed by atoms with Gasteiger partial charge in [0.05, 0.1) is 0 Å². The molecule has 0 aliphatic heterocycles. The van der Waals surface area contributed by atoms with Crippen molar-refractivity contribution in [3.05, 3.63) is 34.3 Å². The van der Waals surface area contributed by atoms with Crippen molar-refractivity contribution in [3.8, 4) is 0 Å². The van der Waals surface area contributed by atoms with Gasteiger partial charge in [-0.2, -0.15) is 0 Å². The number of carbonyl (C=O) groups excluding carboxylic acids is 1. The summed E-state index contributed by atoms with van der Waals surface area (Å²) in [4.78, 5) is 22.2. The Balaban J connectivity index is 2.56. The summed E-state index contributed by atoms with van der Waals surface area (Å²) >= 11 is 3.32. The van der Waals surface area contributed by atoms with Crippen LogP contribution < -0.4 is 10.6 Å². The average Bonchev–Trinajstić information content (AvgIpc) is 2.27. The largest absolute Gasteiger partial charge is 0.480 e. The molecule has 17 heavy (non-hydrogen) atoms. The number of hydrogen-bond acceptors (Lipinski definition) is 3. The highest BCUT2D eigenvalue weighted by molar-refractivity contribution is 9.10. The molecule has 0 bridgehead atoms. The molecular formula is C11H13BrN2O3. The zero-order valence-corrected chi connectivity index (χ0v) is 10.8. The molecule has 1 unspecified atom stereocenters. The maximum atomic E-state index is 11.5. The first kappa shape index (κ1) is 13.7. The first-order chi connectivity index (χ1) is 8.04. The molecule has 0 heterocycles. The molecule has 1 aromatic carbocycles. The van der Waals surface area contributed by atoms with E-state index in [-0.39, 0.29) is 0 Å². The number of amides is 1. The highest BCUT2D eigenvalue weighted by Gasteiger charge is 2.23. The lowest BCUT2D eigenvalue weighted by molar-refractivity contribution is -0.143. The van der Waals surface area contributed by atoms with Crippen molar-refractivity contribution in [1.29, 1.82) is 0 Å². The fraction of sp³-hybridized carbons (Fsp3) is 0.273. The second kappa shape index (κ2) is 6.36. The van der Waals surface area contributed by atoms with Gasteiger partial charge in [-0.25, -0.2) is 4.79 Å². The van der Waals surface area contributed by atoms with Crippen molar-refractivity contribution < 1.29 is 14.7 Å². The summed E-state index contributed by atoms with van der Waals surface area (Å²) in [6.45, 7) is 0.295. The van der Waals surface area contributed by atoms with Crippen LogP contribution in [0.15, 0.2) is 28.7 Å². The zero-order chi connectivity index (χ0) is 12.8. The maximum Gasteiger partial charge on any atom is 0.330 e. The van der Waals surface area contributed by atoms with Gasteiger partial charge in [0.1, 0.15) is 0 Å². The molecule has 1 atom stereocenters. The highest BCUT2D eigenvalue weighted by atomic mass is 79.9. The molecule has 6 heteroatoms. The van der Waals surface area contributed by atoms with E-state index in [0.717, 1.165) is 10.0 Å². The molecule has 1 amide bonds. The quantitative estimate of drug-likeness (QED) is 0.701. The van der Waals surface area contributed by atoms with E-state index in [1.165, 1.54) is 7.05 Å². The van der Waals surface area contributed by atoms with Gasteiger partial charge >= 0.3 is 5.97 Å². The van der Waals surface area contributed by atoms with Crippen molar-refractivity contribution in [3.63, 3.8) is 0 Å². The number of nitrogens with one attached hydrogen (secondary N) is 2. The lowest BCUT2D eigenvalue weighted by Crippen LogP contribution is -2.47. The highest BCUT2D eigenvalue weighted by Crippen LogP contribution is 2.11. The monoisotopic (exact) mass is 300 g/mol. The fourth-order valence-electron chi connectivity index (χ4n) is 1.30. The van der Waals surface area contributed by atoms with E-state index in [0.29, 0.717) is 6.54 Å². The Bertz CT molecular complexity index is 423. The number of aliphatic carboxylic acids is 1. The summed E-state index contributed by atoms with van der Waals surface area (Å²) in [5.74, 6) is -1.75. The van der Waals surface area contributed by atoms with Gasteiger partial charge in [0, 0.05) is 11.0 Å². The second-order valence-electron chi connectivity index (χ2n) is 3.41. The predicted octanol–water partition coefficient (Wildman–Crippen LogP) is 0.738. The van der Waals surface area contributed by atoms with Crippen LogP contribution in [0, 0.1) is 0 Å². The minimum Gasteiger partial charge on any atom is -0.480 e. The molecule has 1 aromatic rings. The molecule has 0 saturated heterocycles. The van der Waals surface area contributed by atoms with Crippen molar-refractivity contribution in [2.24, 2.45) is 0 Å². The van der Waals surface area contributed by atoms with E-state index in [2.05, 4.69) is 26.6 Å². The predicted molar refractivity (Wildman–Crippen MR) is 66.5 cm³/mol. The number of hydrogen-bond donors (Lipinski definition) is 3. The summed E-state index contributed by atoms with van der Waals surface area (Å²) in [5.41, 5.74) is 0.896. The lowest BCUT2D eigenvalue weighted by atomic mass is 10.2. The molecule has 3 N–H and O–H groups in total. The van der Waals surface area contributed by atoms with E-state index in [4.69, 9.17) is 5.11 Å². The summed E-state index contributed by atoms with van der Waals surface area (Å²) < 4.78 is 0.910. The van der Waals surface area contributed by atoms with E-state index < -0.39 is 17.9 Å². The van der Waals surface area contributed by atoms with Crippen LogP contribution in [0.3, 0.4) is 0 Å². The Morgan fingerprint density at radius 1 is 1.47 bits per heavy atom. The van der Waals surface area contributed by atoms with Crippen molar-refractivity contribution >= 4 is 27.8 Å². The second-order valence-corrected chi connectivity index (χ2v) is 4.32. The first-order valence-corrected chi connectivity index (χ1v) is 5.76. The molecule has 0 spiro atoms. The average molecular weight is 301 g/mol. The van der Waals surface area contributed by atoms with Crippen molar-refractivity contribution in [2.45, 2.75) is 12.6 Å². The molecule has 5 nitrogen and oxygen atoms in total. The van der Waals surface area contributed by atoms with Gasteiger partial charge in [-0.05, 0) is 24.7 Å². The number of carbonyl (C=O) groups is 2. The van der Waals surface area contributed by atoms with Gasteiger partial charge in [-0.3, -0.25) is 10.1 Å². The molecule has 0 saturated carbocycles. The SMILES string of the molecule is CNC(C(=O)O)C(=O)NCc1cccc(Br)c1. The van der Waals surface area contributed by atoms with Crippen LogP contribution in [0.25, 0.3) is 0 Å². The molecule has 0 aromatic heterocycles. The number of rotatable bonds is 5. The summed E-state index contributed by atoms with van der Waals surface area (Å²) in [7, 11) is 1.43. The topological polar surface area (TPSA) is 78.4 Å². The van der Waals surface area contributed by atoms with Gasteiger partial charge in [0.25, 0.3) is 0 Å². The van der Waals surface area contributed by atoms with Gasteiger partial charge in [-0.15, -0.1) is 0 Å². The number of halogens is 1. The van der Waals surface area contributed by atoms with E-state index in [9.17, 15) is 9.59 Å². The van der Waals surface area contributed by atoms with Crippen LogP contribution in [0.4, 0.5) is 0 Å². The number of carboxylic acid groups (broad SMARTS) is 1. The van der Waals surface area contributed by atoms with Crippen LogP contribution in [-0.4, -0.2) is 30.1 Å². The molecule has 92 valence electrons. The third-order valence-corrected chi connectivity index (χ3v) is 2.65. The molecule has 0 fully saturated rings. The Kier molecular flexibility index (Phi) is 5.11. The minimum absolute atomic E-state index is 0.295. The van der Waals surface area contributed by atoms with Gasteiger partial charge in [0.15, 0.2) is 6.04 Å². The Labute approximate surface area is 107 Å². The minimum atomic E-state index is -1.22. The van der Waals surface area contributed by atoms with E-state index in [1.807, 2.05) is 24.3 Å². The van der Waals surface area contributed by atoms with E-state index >= 15 is 0 Å². The molecule has 0 aliphatic carbocycles. The lowest BCUT2D eigenvalue weighted by Gasteiger charge is -2.11. The number of carboxylic acids is 1. The fourth-order valence-corrected chi connectivity index (χ4v) is 1.75. The van der Waals surface area contributed by atoms with Crippen LogP contribution in [0.5, 0.6) is 0 Å². The van der Waals surface area contributed by atoms with Crippen molar-refractivity contribution in [1.82, 2.24) is 10.6 Å². The first-order valence-electron chi connectivity index (χ1n) is 4.97. The van der Waals surface area contributed by atoms with Crippen molar-refractivity contribution in [2.75, 3.05) is 7.05 Å². The molecular weight excluding hydrogens is 288 g/mol. The Hall–Kier alpha value is -1.40. The van der Waals surface area contributed by atoms with Gasteiger partial charge < -0.3 is 10.4 Å². The normalized spacial score (nSPS) is 11.9. The molecule has 1 rings (SSSR count). The van der Waals surface area contributed by atoms with Gasteiger partial charge in [0.2, 0.25) is 5.91 Å². The van der Waals surface area contributed by atoms with Crippen LogP contribution >= 0.6 is 15.9 Å². The zero-order valence-electron chi connectivity index (χ0n) is 9.24. The third-order valence-electron chi connectivity index (χ3n) is 2.15. The Morgan fingerprint density at radius 2 is 2.18 bits per heavy atom. The van der Waals surface area contributed by atoms with Crippen LogP contribution in [-0.2, 0) is 16.1 Å². The maximum absolute atomic E-state index is 11.5. The van der Waals surface area contributed by atoms with Gasteiger partial charge in [-0.1, -0.05) is 28.1 Å². The Morgan fingerprint density at radius 3 is 2.71 bits per heavy atom. The smallest absolute Gasteiger partial charge is 0.330 e. The molecule has 0 radical (unpaired) electrons. The van der Waals surface area contributed by atoms with E-state index in [1.54, 1.807) is 0 Å². The molecule has 0 aliphatic rings. The number of benzene rings is 1. The van der Waals surface area contributed by atoms with Crippen LogP contribution in [0.1, 0.15) is 5.56 Å². The summed E-state index contributed by atoms with van der Waals surface area (Å²) in [6, 6.07) is 6.20. The van der Waals surface area contributed by atoms with Crippen LogP contribution in [0.2, 0.25) is 0 Å². The third kappa shape index (κ3) is 4.16. The summed E-state index contributed by atoms with van der Waals surface area (Å²) in [6.07, 6.45) is 0. The summed E-state index contributed by atoms with van der Waals surface area (Å²) in [5, 5.41) is 13.7.